The zero-order valence-electron chi connectivity index (χ0n) is 10.2. The minimum absolute atomic E-state index is 0.0372. The monoisotopic (exact) mass is 198 g/mol. The molecule has 2 heteroatoms. The fourth-order valence-electron chi connectivity index (χ4n) is 2.10. The minimum atomic E-state index is -0.0372. The molecule has 1 fully saturated rings. The summed E-state index contributed by atoms with van der Waals surface area (Å²) in [5.74, 6) is 0.305. The van der Waals surface area contributed by atoms with Crippen LogP contribution in [-0.2, 0) is 9.53 Å². The third kappa shape index (κ3) is 2.28. The number of cyclic esters (lactones) is 1. The molecule has 0 N–H and O–H groups in total. The van der Waals surface area contributed by atoms with E-state index in [9.17, 15) is 4.79 Å². The van der Waals surface area contributed by atoms with E-state index in [1.807, 2.05) is 0 Å². The van der Waals surface area contributed by atoms with Gasteiger partial charge in [-0.25, -0.2) is 0 Å². The van der Waals surface area contributed by atoms with Gasteiger partial charge in [-0.05, 0) is 10.8 Å². The number of ether oxygens (including phenoxy) is 1. The smallest absolute Gasteiger partial charge is 0.306 e. The quantitative estimate of drug-likeness (QED) is 0.559. The van der Waals surface area contributed by atoms with E-state index in [4.69, 9.17) is 4.74 Å². The number of carbonyl (C=O) groups excluding carboxylic acids is 1. The summed E-state index contributed by atoms with van der Waals surface area (Å²) in [5.41, 5.74) is 0.189. The van der Waals surface area contributed by atoms with Gasteiger partial charge in [-0.2, -0.15) is 0 Å². The molecule has 2 nitrogen and oxygen atoms in total. The molecular formula is C12H22O2. The van der Waals surface area contributed by atoms with Crippen molar-refractivity contribution >= 4 is 5.97 Å². The second-order valence-electron chi connectivity index (χ2n) is 6.45. The third-order valence-corrected chi connectivity index (χ3v) is 2.98. The average Bonchev–Trinajstić information content (AvgIpc) is 2.27. The van der Waals surface area contributed by atoms with Gasteiger partial charge in [0.1, 0.15) is 6.10 Å². The van der Waals surface area contributed by atoms with Gasteiger partial charge < -0.3 is 4.74 Å². The molecule has 0 aromatic carbocycles. The first-order chi connectivity index (χ1) is 6.12. The van der Waals surface area contributed by atoms with E-state index >= 15 is 0 Å². The Labute approximate surface area is 87.0 Å². The van der Waals surface area contributed by atoms with Crippen LogP contribution in [0.3, 0.4) is 0 Å². The van der Waals surface area contributed by atoms with Crippen molar-refractivity contribution in [1.82, 2.24) is 0 Å². The summed E-state index contributed by atoms with van der Waals surface area (Å²) < 4.78 is 5.43. The number of carbonyl (C=O) groups is 1. The van der Waals surface area contributed by atoms with Crippen LogP contribution in [0.25, 0.3) is 0 Å². The first-order valence-corrected chi connectivity index (χ1v) is 5.32. The first-order valence-electron chi connectivity index (χ1n) is 5.32. The molecule has 0 spiro atoms. The largest absolute Gasteiger partial charge is 0.461 e. The van der Waals surface area contributed by atoms with E-state index < -0.39 is 0 Å². The molecule has 0 unspecified atom stereocenters. The Balaban J connectivity index is 2.89. The fraction of sp³-hybridized carbons (Fsp3) is 0.917. The topological polar surface area (TPSA) is 26.3 Å². The molecule has 1 aliphatic heterocycles. The van der Waals surface area contributed by atoms with E-state index in [0.29, 0.717) is 12.3 Å². The Bertz CT molecular complexity index is 206. The van der Waals surface area contributed by atoms with Crippen molar-refractivity contribution in [3.05, 3.63) is 0 Å². The summed E-state index contributed by atoms with van der Waals surface area (Å²) in [6, 6.07) is 0. The maximum atomic E-state index is 11.3. The van der Waals surface area contributed by atoms with Gasteiger partial charge in [0, 0.05) is 5.92 Å². The molecule has 1 aliphatic rings. The van der Waals surface area contributed by atoms with Gasteiger partial charge in [0.25, 0.3) is 0 Å². The summed E-state index contributed by atoms with van der Waals surface area (Å²) in [5, 5.41) is 0. The highest BCUT2D eigenvalue weighted by Gasteiger charge is 2.47. The lowest BCUT2D eigenvalue weighted by Gasteiger charge is -2.36. The highest BCUT2D eigenvalue weighted by Crippen LogP contribution is 2.44. The molecule has 0 aromatic heterocycles. The van der Waals surface area contributed by atoms with Crippen LogP contribution in [0.5, 0.6) is 0 Å². The van der Waals surface area contributed by atoms with Crippen molar-refractivity contribution in [3.63, 3.8) is 0 Å². The van der Waals surface area contributed by atoms with Crippen LogP contribution < -0.4 is 0 Å². The zero-order valence-corrected chi connectivity index (χ0v) is 10.2. The van der Waals surface area contributed by atoms with E-state index in [0.717, 1.165) is 0 Å². The molecule has 0 aliphatic carbocycles. The average molecular weight is 198 g/mol. The van der Waals surface area contributed by atoms with E-state index in [1.54, 1.807) is 0 Å². The molecule has 0 saturated carbocycles. The molecule has 0 bridgehead atoms. The molecular weight excluding hydrogens is 176 g/mol. The van der Waals surface area contributed by atoms with Gasteiger partial charge in [0.15, 0.2) is 0 Å². The van der Waals surface area contributed by atoms with Crippen LogP contribution in [0.2, 0.25) is 0 Å². The van der Waals surface area contributed by atoms with Gasteiger partial charge in [-0.3, -0.25) is 4.79 Å². The summed E-state index contributed by atoms with van der Waals surface area (Å²) in [6.45, 7) is 12.9. The third-order valence-electron chi connectivity index (χ3n) is 2.98. The van der Waals surface area contributed by atoms with Gasteiger partial charge >= 0.3 is 5.97 Å². The SMILES string of the molecule is CC(C)(C)[C@@H]1CC(=O)O[C@@H]1C(C)(C)C. The molecule has 82 valence electrons. The van der Waals surface area contributed by atoms with Crippen LogP contribution in [0.4, 0.5) is 0 Å². The van der Waals surface area contributed by atoms with E-state index in [1.165, 1.54) is 0 Å². The van der Waals surface area contributed by atoms with E-state index in [2.05, 4.69) is 41.5 Å². The van der Waals surface area contributed by atoms with Crippen molar-refractivity contribution in [2.45, 2.75) is 54.1 Å². The van der Waals surface area contributed by atoms with Gasteiger partial charge in [0.2, 0.25) is 0 Å². The molecule has 1 heterocycles. The Morgan fingerprint density at radius 1 is 1.07 bits per heavy atom. The van der Waals surface area contributed by atoms with Crippen LogP contribution in [0.15, 0.2) is 0 Å². The Hall–Kier alpha value is -0.530. The molecule has 0 radical (unpaired) electrons. The second kappa shape index (κ2) is 3.25. The lowest BCUT2D eigenvalue weighted by molar-refractivity contribution is -0.145. The number of esters is 1. The van der Waals surface area contributed by atoms with Crippen molar-refractivity contribution in [2.24, 2.45) is 16.7 Å². The maximum Gasteiger partial charge on any atom is 0.306 e. The normalized spacial score (nSPS) is 29.1. The zero-order chi connectivity index (χ0) is 11.1. The maximum absolute atomic E-state index is 11.3. The van der Waals surface area contributed by atoms with Crippen LogP contribution >= 0.6 is 0 Å². The molecule has 2 atom stereocenters. The standard InChI is InChI=1S/C12H22O2/c1-11(2,3)8-7-9(13)14-10(8)12(4,5)6/h8,10H,7H2,1-6H3/t8-,10+/m1/s1. The molecule has 0 aromatic rings. The van der Waals surface area contributed by atoms with Crippen molar-refractivity contribution in [1.29, 1.82) is 0 Å². The summed E-state index contributed by atoms with van der Waals surface area (Å²) in [6.07, 6.45) is 0.640. The fourth-order valence-corrected chi connectivity index (χ4v) is 2.10. The Kier molecular flexibility index (Phi) is 2.68. The van der Waals surface area contributed by atoms with Crippen LogP contribution in [-0.4, -0.2) is 12.1 Å². The minimum Gasteiger partial charge on any atom is -0.461 e. The highest BCUT2D eigenvalue weighted by molar-refractivity contribution is 5.72. The molecule has 0 amide bonds. The summed E-state index contributed by atoms with van der Waals surface area (Å²) in [7, 11) is 0. The lowest BCUT2D eigenvalue weighted by Crippen LogP contribution is -2.37. The summed E-state index contributed by atoms with van der Waals surface area (Å²) >= 11 is 0. The van der Waals surface area contributed by atoms with Crippen LogP contribution in [0, 0.1) is 16.7 Å². The number of hydrogen-bond acceptors (Lipinski definition) is 2. The molecule has 1 saturated heterocycles. The number of rotatable bonds is 0. The molecule has 14 heavy (non-hydrogen) atoms. The van der Waals surface area contributed by atoms with Gasteiger partial charge in [-0.15, -0.1) is 0 Å². The number of hydrogen-bond donors (Lipinski definition) is 0. The van der Waals surface area contributed by atoms with Crippen molar-refractivity contribution in [3.8, 4) is 0 Å². The predicted molar refractivity (Wildman–Crippen MR) is 56.9 cm³/mol. The first kappa shape index (κ1) is 11.5. The predicted octanol–water partition coefficient (Wildman–Crippen LogP) is 3.01. The van der Waals surface area contributed by atoms with Gasteiger partial charge in [0.05, 0.1) is 6.42 Å². The van der Waals surface area contributed by atoms with Crippen molar-refractivity contribution < 1.29 is 9.53 Å². The Morgan fingerprint density at radius 3 is 1.86 bits per heavy atom. The summed E-state index contributed by atoms with van der Waals surface area (Å²) in [4.78, 5) is 11.3. The second-order valence-corrected chi connectivity index (χ2v) is 6.45. The van der Waals surface area contributed by atoms with Crippen molar-refractivity contribution in [2.75, 3.05) is 0 Å². The van der Waals surface area contributed by atoms with Crippen LogP contribution in [0.1, 0.15) is 48.0 Å². The van der Waals surface area contributed by atoms with Gasteiger partial charge in [-0.1, -0.05) is 41.5 Å². The highest BCUT2D eigenvalue weighted by atomic mass is 16.6. The Morgan fingerprint density at radius 2 is 1.57 bits per heavy atom. The van der Waals surface area contributed by atoms with E-state index in [-0.39, 0.29) is 22.9 Å². The molecule has 1 rings (SSSR count). The lowest BCUT2D eigenvalue weighted by atomic mass is 9.70.